The molecule has 1 aliphatic heterocycles. The fraction of sp³-hybridized carbons (Fsp3) is 0.900. The van der Waals surface area contributed by atoms with Gasteiger partial charge in [-0.3, -0.25) is 4.90 Å². The van der Waals surface area contributed by atoms with Gasteiger partial charge in [0.2, 0.25) is 0 Å². The lowest BCUT2D eigenvalue weighted by atomic mass is 10.1. The fourth-order valence-corrected chi connectivity index (χ4v) is 2.24. The minimum Gasteiger partial charge on any atom is -0.409 e. The molecule has 0 bridgehead atoms. The van der Waals surface area contributed by atoms with E-state index < -0.39 is 0 Å². The summed E-state index contributed by atoms with van der Waals surface area (Å²) >= 11 is 0. The Morgan fingerprint density at radius 1 is 1.73 bits per heavy atom. The summed E-state index contributed by atoms with van der Waals surface area (Å²) in [7, 11) is 1.73. The molecule has 0 aromatic carbocycles. The number of methoxy groups -OCH3 is 1. The van der Waals surface area contributed by atoms with Gasteiger partial charge in [0.15, 0.2) is 5.84 Å². The highest BCUT2D eigenvalue weighted by molar-refractivity contribution is 5.85. The molecule has 0 aliphatic carbocycles. The Labute approximate surface area is 90.9 Å². The molecule has 5 nitrogen and oxygen atoms in total. The summed E-state index contributed by atoms with van der Waals surface area (Å²) in [6.07, 6.45) is 2.00. The fourth-order valence-electron chi connectivity index (χ4n) is 2.24. The van der Waals surface area contributed by atoms with E-state index in [-0.39, 0.29) is 6.04 Å². The van der Waals surface area contributed by atoms with Gasteiger partial charge in [-0.1, -0.05) is 12.1 Å². The van der Waals surface area contributed by atoms with Crippen molar-refractivity contribution in [2.45, 2.75) is 25.8 Å². The average molecular weight is 215 g/mol. The van der Waals surface area contributed by atoms with Crippen molar-refractivity contribution >= 4 is 5.84 Å². The highest BCUT2D eigenvalue weighted by Gasteiger charge is 2.29. The van der Waals surface area contributed by atoms with Crippen molar-refractivity contribution in [2.75, 3.05) is 26.8 Å². The van der Waals surface area contributed by atoms with Crippen molar-refractivity contribution in [1.29, 1.82) is 0 Å². The normalized spacial score (nSPS) is 25.7. The Kier molecular flexibility index (Phi) is 4.84. The summed E-state index contributed by atoms with van der Waals surface area (Å²) in [6.45, 7) is 4.82. The van der Waals surface area contributed by atoms with Gasteiger partial charge in [-0.25, -0.2) is 0 Å². The lowest BCUT2D eigenvalue weighted by Crippen LogP contribution is -2.43. The summed E-state index contributed by atoms with van der Waals surface area (Å²) in [4.78, 5) is 2.26. The van der Waals surface area contributed by atoms with Gasteiger partial charge in [-0.15, -0.1) is 0 Å². The van der Waals surface area contributed by atoms with E-state index in [2.05, 4.69) is 10.1 Å². The van der Waals surface area contributed by atoms with Crippen LogP contribution in [0.4, 0.5) is 0 Å². The molecule has 1 rings (SSSR count). The molecule has 0 amide bonds. The average Bonchev–Trinajstić information content (AvgIpc) is 2.68. The van der Waals surface area contributed by atoms with Crippen LogP contribution in [0.2, 0.25) is 0 Å². The van der Waals surface area contributed by atoms with Gasteiger partial charge in [0.25, 0.3) is 0 Å². The Morgan fingerprint density at radius 2 is 2.47 bits per heavy atom. The number of oxime groups is 1. The zero-order chi connectivity index (χ0) is 11.3. The third-order valence-corrected chi connectivity index (χ3v) is 3.00. The van der Waals surface area contributed by atoms with Crippen LogP contribution in [0.5, 0.6) is 0 Å². The van der Waals surface area contributed by atoms with Gasteiger partial charge in [-0.05, 0) is 25.3 Å². The smallest absolute Gasteiger partial charge is 0.156 e. The number of hydrogen-bond acceptors (Lipinski definition) is 4. The number of nitrogens with zero attached hydrogens (tertiary/aromatic N) is 2. The zero-order valence-corrected chi connectivity index (χ0v) is 9.52. The number of amidine groups is 1. The van der Waals surface area contributed by atoms with Crippen LogP contribution in [0.15, 0.2) is 5.16 Å². The van der Waals surface area contributed by atoms with Gasteiger partial charge in [-0.2, -0.15) is 0 Å². The quantitative estimate of drug-likeness (QED) is 0.303. The highest BCUT2D eigenvalue weighted by atomic mass is 16.5. The molecule has 2 unspecified atom stereocenters. The molecule has 0 spiro atoms. The van der Waals surface area contributed by atoms with E-state index >= 15 is 0 Å². The molecule has 1 saturated heterocycles. The van der Waals surface area contributed by atoms with Crippen molar-refractivity contribution in [3.8, 4) is 0 Å². The van der Waals surface area contributed by atoms with Crippen LogP contribution in [0.1, 0.15) is 19.8 Å². The molecule has 15 heavy (non-hydrogen) atoms. The first-order chi connectivity index (χ1) is 7.22. The van der Waals surface area contributed by atoms with Crippen molar-refractivity contribution in [1.82, 2.24) is 4.90 Å². The van der Waals surface area contributed by atoms with E-state index in [1.165, 1.54) is 0 Å². The van der Waals surface area contributed by atoms with Crippen molar-refractivity contribution < 1.29 is 9.94 Å². The number of ether oxygens (including phenoxy) is 1. The van der Waals surface area contributed by atoms with Gasteiger partial charge >= 0.3 is 0 Å². The zero-order valence-electron chi connectivity index (χ0n) is 9.52. The van der Waals surface area contributed by atoms with Crippen molar-refractivity contribution in [3.05, 3.63) is 0 Å². The van der Waals surface area contributed by atoms with Crippen molar-refractivity contribution in [3.63, 3.8) is 0 Å². The first-order valence-corrected chi connectivity index (χ1v) is 5.43. The maximum atomic E-state index is 8.68. The van der Waals surface area contributed by atoms with Crippen LogP contribution in [-0.4, -0.2) is 48.8 Å². The summed E-state index contributed by atoms with van der Waals surface area (Å²) in [6, 6.07) is 0.0665. The van der Waals surface area contributed by atoms with Gasteiger partial charge in [0.1, 0.15) is 0 Å². The Morgan fingerprint density at radius 3 is 3.00 bits per heavy atom. The van der Waals surface area contributed by atoms with E-state index in [4.69, 9.17) is 15.7 Å². The van der Waals surface area contributed by atoms with Crippen LogP contribution in [0.25, 0.3) is 0 Å². The highest BCUT2D eigenvalue weighted by Crippen LogP contribution is 2.20. The molecule has 0 aromatic rings. The molecule has 1 fully saturated rings. The first kappa shape index (κ1) is 12.3. The number of likely N-dealkylation sites (tertiary alicyclic amines) is 1. The standard InChI is InChI=1S/C10H21N3O2/c1-3-9(10(11)12-14)13-5-4-8(6-13)7-15-2/h8-9,14H,3-7H2,1-2H3,(H2,11,12). The van der Waals surface area contributed by atoms with Gasteiger partial charge in [0.05, 0.1) is 12.6 Å². The third-order valence-electron chi connectivity index (χ3n) is 3.00. The molecule has 2 atom stereocenters. The Balaban J connectivity index is 2.50. The Hall–Kier alpha value is -0.810. The molecular weight excluding hydrogens is 194 g/mol. The largest absolute Gasteiger partial charge is 0.409 e. The third kappa shape index (κ3) is 3.07. The molecule has 88 valence electrons. The SMILES string of the molecule is CCC(C(N)=NO)N1CCC(COC)C1. The van der Waals surface area contributed by atoms with E-state index in [1.54, 1.807) is 7.11 Å². The predicted molar refractivity (Wildman–Crippen MR) is 59.0 cm³/mol. The summed E-state index contributed by atoms with van der Waals surface area (Å²) < 4.78 is 5.14. The minimum atomic E-state index is 0.0665. The number of nitrogens with two attached hydrogens (primary N) is 1. The Bertz CT molecular complexity index is 221. The maximum Gasteiger partial charge on any atom is 0.156 e. The monoisotopic (exact) mass is 215 g/mol. The molecule has 1 aliphatic rings. The van der Waals surface area contributed by atoms with Crippen LogP contribution < -0.4 is 5.73 Å². The lowest BCUT2D eigenvalue weighted by molar-refractivity contribution is 0.150. The van der Waals surface area contributed by atoms with E-state index in [1.807, 2.05) is 6.92 Å². The minimum absolute atomic E-state index is 0.0665. The van der Waals surface area contributed by atoms with E-state index in [9.17, 15) is 0 Å². The molecule has 0 aromatic heterocycles. The summed E-state index contributed by atoms with van der Waals surface area (Å²) in [5.41, 5.74) is 5.65. The van der Waals surface area contributed by atoms with Gasteiger partial charge < -0.3 is 15.7 Å². The lowest BCUT2D eigenvalue weighted by Gasteiger charge is -2.25. The van der Waals surface area contributed by atoms with Crippen molar-refractivity contribution in [2.24, 2.45) is 16.8 Å². The van der Waals surface area contributed by atoms with E-state index in [0.29, 0.717) is 11.8 Å². The van der Waals surface area contributed by atoms with Crippen LogP contribution >= 0.6 is 0 Å². The molecule has 0 radical (unpaired) electrons. The van der Waals surface area contributed by atoms with Crippen LogP contribution in [0, 0.1) is 5.92 Å². The number of hydrogen-bond donors (Lipinski definition) is 2. The first-order valence-electron chi connectivity index (χ1n) is 5.43. The topological polar surface area (TPSA) is 71.1 Å². The molecule has 5 heteroatoms. The summed E-state index contributed by atoms with van der Waals surface area (Å²) in [5, 5.41) is 11.8. The van der Waals surface area contributed by atoms with E-state index in [0.717, 1.165) is 32.5 Å². The molecular formula is C10H21N3O2. The van der Waals surface area contributed by atoms with Gasteiger partial charge in [0, 0.05) is 13.7 Å². The molecule has 0 saturated carbocycles. The van der Waals surface area contributed by atoms with Crippen LogP contribution in [0.3, 0.4) is 0 Å². The summed E-state index contributed by atoms with van der Waals surface area (Å²) in [5.74, 6) is 0.895. The molecule has 3 N–H and O–H groups in total. The maximum absolute atomic E-state index is 8.68. The second-order valence-electron chi connectivity index (χ2n) is 4.05. The second kappa shape index (κ2) is 5.92. The number of rotatable bonds is 5. The predicted octanol–water partition coefficient (Wildman–Crippen LogP) is 0.480. The molecule has 1 heterocycles. The van der Waals surface area contributed by atoms with Crippen LogP contribution in [-0.2, 0) is 4.74 Å². The second-order valence-corrected chi connectivity index (χ2v) is 4.05.